The van der Waals surface area contributed by atoms with E-state index in [1.807, 2.05) is 0 Å². The lowest BCUT2D eigenvalue weighted by Crippen LogP contribution is -2.54. The van der Waals surface area contributed by atoms with Gasteiger partial charge >= 0.3 is 12.0 Å². The van der Waals surface area contributed by atoms with Crippen molar-refractivity contribution < 1.29 is 14.7 Å². The van der Waals surface area contributed by atoms with Crippen LogP contribution in [0.2, 0.25) is 0 Å². The molecule has 1 fully saturated rings. The van der Waals surface area contributed by atoms with Gasteiger partial charge < -0.3 is 15.7 Å². The van der Waals surface area contributed by atoms with E-state index in [2.05, 4.69) is 20.8 Å². The van der Waals surface area contributed by atoms with Crippen LogP contribution < -0.4 is 10.6 Å². The molecule has 0 unspecified atom stereocenters. The number of carboxylic acid groups (broad SMARTS) is 1. The van der Waals surface area contributed by atoms with Gasteiger partial charge in [-0.25, -0.2) is 4.79 Å². The summed E-state index contributed by atoms with van der Waals surface area (Å²) in [5.74, 6) is -0.883. The second-order valence-electron chi connectivity index (χ2n) is 5.43. The van der Waals surface area contributed by atoms with E-state index < -0.39 is 11.5 Å². The van der Waals surface area contributed by atoms with Gasteiger partial charge in [0.2, 0.25) is 0 Å². The number of rotatable bonds is 5. The fraction of sp³-hybridized carbons (Fsp3) is 0.571. The third-order valence-electron chi connectivity index (χ3n) is 3.74. The molecule has 1 saturated carbocycles. The zero-order valence-electron chi connectivity index (χ0n) is 11.8. The summed E-state index contributed by atoms with van der Waals surface area (Å²) in [7, 11) is 0. The number of carbonyl (C=O) groups is 2. The molecule has 2 amide bonds. The summed E-state index contributed by atoms with van der Waals surface area (Å²) in [6.45, 7) is 0.267. The Morgan fingerprint density at radius 3 is 2.67 bits per heavy atom. The quantitative estimate of drug-likeness (QED) is 0.762. The van der Waals surface area contributed by atoms with Gasteiger partial charge in [-0.05, 0) is 25.0 Å². The van der Waals surface area contributed by atoms with E-state index in [4.69, 9.17) is 5.11 Å². The van der Waals surface area contributed by atoms with Gasteiger partial charge in [0.05, 0.1) is 24.2 Å². The van der Waals surface area contributed by atoms with Crippen molar-refractivity contribution >= 4 is 12.0 Å². The van der Waals surface area contributed by atoms with Crippen molar-refractivity contribution in [2.75, 3.05) is 0 Å². The van der Waals surface area contributed by atoms with Gasteiger partial charge in [0.1, 0.15) is 0 Å². The molecule has 21 heavy (non-hydrogen) atoms. The number of hydrogen-bond acceptors (Lipinski definition) is 4. The molecule has 1 aromatic heterocycles. The monoisotopic (exact) mass is 292 g/mol. The highest BCUT2D eigenvalue weighted by molar-refractivity contribution is 5.76. The Morgan fingerprint density at radius 1 is 1.29 bits per heavy atom. The van der Waals surface area contributed by atoms with Gasteiger partial charge in [-0.15, -0.1) is 0 Å². The summed E-state index contributed by atoms with van der Waals surface area (Å²) in [6.07, 6.45) is 5.91. The summed E-state index contributed by atoms with van der Waals surface area (Å²) in [5, 5.41) is 22.2. The zero-order valence-corrected chi connectivity index (χ0v) is 11.8. The van der Waals surface area contributed by atoms with Crippen LogP contribution in [-0.2, 0) is 11.3 Å². The first-order valence-corrected chi connectivity index (χ1v) is 7.14. The Bertz CT molecular complexity index is 486. The van der Waals surface area contributed by atoms with Crippen LogP contribution in [0.3, 0.4) is 0 Å². The summed E-state index contributed by atoms with van der Waals surface area (Å²) in [4.78, 5) is 23.1. The second-order valence-corrected chi connectivity index (χ2v) is 5.43. The van der Waals surface area contributed by atoms with Gasteiger partial charge in [0, 0.05) is 6.20 Å². The molecule has 3 N–H and O–H groups in total. The molecule has 2 rings (SSSR count). The molecule has 0 radical (unpaired) electrons. The molecule has 0 aromatic carbocycles. The molecule has 7 heteroatoms. The maximum atomic E-state index is 12.0. The predicted octanol–water partition coefficient (Wildman–Crippen LogP) is 1.45. The van der Waals surface area contributed by atoms with Gasteiger partial charge in [-0.2, -0.15) is 10.2 Å². The van der Waals surface area contributed by atoms with Crippen LogP contribution in [0.1, 0.15) is 44.2 Å². The van der Waals surface area contributed by atoms with E-state index in [0.29, 0.717) is 18.5 Å². The lowest BCUT2D eigenvalue weighted by molar-refractivity contribution is -0.139. The van der Waals surface area contributed by atoms with Crippen molar-refractivity contribution in [3.63, 3.8) is 0 Å². The first kappa shape index (κ1) is 15.2. The predicted molar refractivity (Wildman–Crippen MR) is 75.5 cm³/mol. The van der Waals surface area contributed by atoms with E-state index in [1.54, 1.807) is 18.3 Å². The van der Waals surface area contributed by atoms with E-state index in [1.165, 1.54) is 0 Å². The Labute approximate surface area is 123 Å². The first-order chi connectivity index (χ1) is 10.1. The smallest absolute Gasteiger partial charge is 0.315 e. The van der Waals surface area contributed by atoms with E-state index in [-0.39, 0.29) is 19.0 Å². The van der Waals surface area contributed by atoms with Crippen molar-refractivity contribution in [1.82, 2.24) is 20.8 Å². The number of urea groups is 1. The Balaban J connectivity index is 1.90. The number of carbonyl (C=O) groups excluding carboxylic acids is 1. The third-order valence-corrected chi connectivity index (χ3v) is 3.74. The lowest BCUT2D eigenvalue weighted by atomic mass is 9.79. The van der Waals surface area contributed by atoms with Gasteiger partial charge in [0.25, 0.3) is 0 Å². The van der Waals surface area contributed by atoms with E-state index in [0.717, 1.165) is 19.3 Å². The van der Waals surface area contributed by atoms with Gasteiger partial charge in [-0.1, -0.05) is 19.3 Å². The summed E-state index contributed by atoms with van der Waals surface area (Å²) < 4.78 is 0. The Kier molecular flexibility index (Phi) is 5.08. The molecule has 114 valence electrons. The number of nitrogens with zero attached hydrogens (tertiary/aromatic N) is 2. The molecule has 0 aliphatic heterocycles. The molecular formula is C14H20N4O3. The van der Waals surface area contributed by atoms with Crippen LogP contribution in [0, 0.1) is 0 Å². The summed E-state index contributed by atoms with van der Waals surface area (Å²) in [6, 6.07) is 3.15. The lowest BCUT2D eigenvalue weighted by Gasteiger charge is -2.36. The molecule has 0 spiro atoms. The van der Waals surface area contributed by atoms with Crippen molar-refractivity contribution in [3.8, 4) is 0 Å². The molecular weight excluding hydrogens is 272 g/mol. The number of amides is 2. The van der Waals surface area contributed by atoms with E-state index >= 15 is 0 Å². The van der Waals surface area contributed by atoms with Crippen molar-refractivity contribution in [1.29, 1.82) is 0 Å². The average molecular weight is 292 g/mol. The molecule has 1 heterocycles. The third kappa shape index (κ3) is 4.70. The highest BCUT2D eigenvalue weighted by Crippen LogP contribution is 2.31. The topological polar surface area (TPSA) is 104 Å². The summed E-state index contributed by atoms with van der Waals surface area (Å²) in [5.41, 5.74) is 0.0277. The largest absolute Gasteiger partial charge is 0.481 e. The highest BCUT2D eigenvalue weighted by Gasteiger charge is 2.35. The van der Waals surface area contributed by atoms with Crippen molar-refractivity contribution in [3.05, 3.63) is 24.0 Å². The van der Waals surface area contributed by atoms with Crippen LogP contribution in [0.15, 0.2) is 18.3 Å². The highest BCUT2D eigenvalue weighted by atomic mass is 16.4. The number of aliphatic carboxylic acids is 1. The normalized spacial score (nSPS) is 17.0. The molecule has 1 aliphatic carbocycles. The minimum absolute atomic E-state index is 0.0361. The van der Waals surface area contributed by atoms with Crippen LogP contribution in [0.4, 0.5) is 4.79 Å². The van der Waals surface area contributed by atoms with Crippen LogP contribution in [0.25, 0.3) is 0 Å². The van der Waals surface area contributed by atoms with Gasteiger partial charge in [-0.3, -0.25) is 4.79 Å². The molecule has 0 atom stereocenters. The molecule has 1 aromatic rings. The number of carboxylic acids is 1. The molecule has 0 saturated heterocycles. The first-order valence-electron chi connectivity index (χ1n) is 7.14. The molecule has 0 bridgehead atoms. The standard InChI is InChI=1S/C14H20N4O3/c19-12(20)9-14(6-2-1-3-7-14)17-13(21)15-10-11-5-4-8-16-18-11/h4-5,8H,1-3,6-7,9-10H2,(H,19,20)(H2,15,17,21). The van der Waals surface area contributed by atoms with Crippen LogP contribution >= 0.6 is 0 Å². The Morgan fingerprint density at radius 2 is 2.05 bits per heavy atom. The van der Waals surface area contributed by atoms with Crippen molar-refractivity contribution in [2.24, 2.45) is 0 Å². The molecule has 1 aliphatic rings. The van der Waals surface area contributed by atoms with E-state index in [9.17, 15) is 9.59 Å². The zero-order chi connectivity index (χ0) is 15.1. The maximum absolute atomic E-state index is 12.0. The fourth-order valence-electron chi connectivity index (χ4n) is 2.75. The Hall–Kier alpha value is -2.18. The minimum Gasteiger partial charge on any atom is -0.481 e. The van der Waals surface area contributed by atoms with Crippen molar-refractivity contribution in [2.45, 2.75) is 50.6 Å². The SMILES string of the molecule is O=C(O)CC1(NC(=O)NCc2cccnn2)CCCCC1. The number of nitrogens with one attached hydrogen (secondary N) is 2. The van der Waals surface area contributed by atoms with Gasteiger partial charge in [0.15, 0.2) is 0 Å². The number of hydrogen-bond donors (Lipinski definition) is 3. The average Bonchev–Trinajstić information content (AvgIpc) is 2.46. The molecule has 7 nitrogen and oxygen atoms in total. The minimum atomic E-state index is -0.883. The fourth-order valence-corrected chi connectivity index (χ4v) is 2.75. The number of aromatic nitrogens is 2. The maximum Gasteiger partial charge on any atom is 0.315 e. The second kappa shape index (κ2) is 7.01. The van der Waals surface area contributed by atoms with Crippen LogP contribution in [-0.4, -0.2) is 32.8 Å². The summed E-state index contributed by atoms with van der Waals surface area (Å²) >= 11 is 0. The van der Waals surface area contributed by atoms with Crippen LogP contribution in [0.5, 0.6) is 0 Å².